The van der Waals surface area contributed by atoms with E-state index in [1.165, 1.54) is 12.3 Å². The standard InChI is InChI=1S/C15H20N2O3/c1-2-12-6-4-3-5-9-17(12)14(18)11-7-8-16-13(10-11)15(19)20/h7-8,10,12H,2-6,9H2,1H3,(H,19,20). The quantitative estimate of drug-likeness (QED) is 0.921. The third kappa shape index (κ3) is 3.15. The molecule has 108 valence electrons. The number of rotatable bonds is 3. The van der Waals surface area contributed by atoms with Gasteiger partial charge in [-0.3, -0.25) is 4.79 Å². The summed E-state index contributed by atoms with van der Waals surface area (Å²) in [6.45, 7) is 2.84. The highest BCUT2D eigenvalue weighted by atomic mass is 16.4. The minimum atomic E-state index is -1.11. The summed E-state index contributed by atoms with van der Waals surface area (Å²) in [6, 6.07) is 3.21. The van der Waals surface area contributed by atoms with E-state index in [-0.39, 0.29) is 17.6 Å². The topological polar surface area (TPSA) is 70.5 Å². The van der Waals surface area contributed by atoms with Crippen LogP contribution in [0.5, 0.6) is 0 Å². The highest BCUT2D eigenvalue weighted by molar-refractivity contribution is 5.96. The van der Waals surface area contributed by atoms with Gasteiger partial charge >= 0.3 is 5.97 Å². The van der Waals surface area contributed by atoms with Crippen molar-refractivity contribution in [3.8, 4) is 0 Å². The van der Waals surface area contributed by atoms with E-state index >= 15 is 0 Å². The van der Waals surface area contributed by atoms with Gasteiger partial charge in [0.2, 0.25) is 0 Å². The number of aromatic nitrogens is 1. The summed E-state index contributed by atoms with van der Waals surface area (Å²) in [4.78, 5) is 29.2. The number of carbonyl (C=O) groups excluding carboxylic acids is 1. The first-order valence-electron chi connectivity index (χ1n) is 7.13. The number of carboxylic acid groups (broad SMARTS) is 1. The summed E-state index contributed by atoms with van der Waals surface area (Å²) in [7, 11) is 0. The molecule has 2 rings (SSSR count). The molecular weight excluding hydrogens is 256 g/mol. The van der Waals surface area contributed by atoms with Gasteiger partial charge in [-0.1, -0.05) is 19.8 Å². The van der Waals surface area contributed by atoms with Gasteiger partial charge < -0.3 is 10.0 Å². The molecule has 1 N–H and O–H groups in total. The third-order valence-electron chi connectivity index (χ3n) is 3.84. The average molecular weight is 276 g/mol. The van der Waals surface area contributed by atoms with Gasteiger partial charge in [0.1, 0.15) is 5.69 Å². The van der Waals surface area contributed by atoms with Crippen molar-refractivity contribution < 1.29 is 14.7 Å². The van der Waals surface area contributed by atoms with E-state index in [2.05, 4.69) is 11.9 Å². The van der Waals surface area contributed by atoms with Gasteiger partial charge in [0.05, 0.1) is 0 Å². The Labute approximate surface area is 118 Å². The van der Waals surface area contributed by atoms with Gasteiger partial charge in [0, 0.05) is 24.3 Å². The van der Waals surface area contributed by atoms with Crippen LogP contribution in [0.2, 0.25) is 0 Å². The number of hydrogen-bond donors (Lipinski definition) is 1. The lowest BCUT2D eigenvalue weighted by atomic mass is 10.1. The minimum Gasteiger partial charge on any atom is -0.477 e. The Morgan fingerprint density at radius 2 is 2.20 bits per heavy atom. The second-order valence-corrected chi connectivity index (χ2v) is 5.14. The number of amides is 1. The largest absolute Gasteiger partial charge is 0.477 e. The van der Waals surface area contributed by atoms with Crippen LogP contribution in [0.1, 0.15) is 59.9 Å². The molecule has 5 heteroatoms. The molecule has 2 heterocycles. The number of aromatic carboxylic acids is 1. The van der Waals surface area contributed by atoms with Crippen molar-refractivity contribution in [3.05, 3.63) is 29.6 Å². The molecule has 0 spiro atoms. The molecule has 1 unspecified atom stereocenters. The summed E-state index contributed by atoms with van der Waals surface area (Å²) >= 11 is 0. The number of pyridine rings is 1. The zero-order valence-corrected chi connectivity index (χ0v) is 11.7. The van der Waals surface area contributed by atoms with Crippen molar-refractivity contribution in [2.24, 2.45) is 0 Å². The normalized spacial score (nSPS) is 19.4. The Kier molecular flexibility index (Phi) is 4.71. The van der Waals surface area contributed by atoms with E-state index in [0.29, 0.717) is 5.56 Å². The molecule has 1 aromatic heterocycles. The molecule has 0 aliphatic carbocycles. The second-order valence-electron chi connectivity index (χ2n) is 5.14. The van der Waals surface area contributed by atoms with Crippen LogP contribution in [0, 0.1) is 0 Å². The highest BCUT2D eigenvalue weighted by Crippen LogP contribution is 2.21. The van der Waals surface area contributed by atoms with Gasteiger partial charge in [0.25, 0.3) is 5.91 Å². The van der Waals surface area contributed by atoms with Crippen molar-refractivity contribution in [2.45, 2.75) is 45.1 Å². The summed E-state index contributed by atoms with van der Waals surface area (Å²) in [5.41, 5.74) is 0.330. The Morgan fingerprint density at radius 1 is 1.40 bits per heavy atom. The molecule has 0 bridgehead atoms. The maximum atomic E-state index is 12.6. The fourth-order valence-corrected chi connectivity index (χ4v) is 2.72. The molecule has 5 nitrogen and oxygen atoms in total. The van der Waals surface area contributed by atoms with E-state index in [1.54, 1.807) is 6.07 Å². The zero-order chi connectivity index (χ0) is 14.5. The molecule has 20 heavy (non-hydrogen) atoms. The summed E-state index contributed by atoms with van der Waals surface area (Å²) in [5, 5.41) is 8.96. The SMILES string of the molecule is CCC1CCCCCN1C(=O)c1ccnc(C(=O)O)c1. The monoisotopic (exact) mass is 276 g/mol. The maximum absolute atomic E-state index is 12.6. The highest BCUT2D eigenvalue weighted by Gasteiger charge is 2.25. The Balaban J connectivity index is 2.24. The Morgan fingerprint density at radius 3 is 2.90 bits per heavy atom. The van der Waals surface area contributed by atoms with Crippen molar-refractivity contribution in [1.82, 2.24) is 9.88 Å². The predicted molar refractivity (Wildman–Crippen MR) is 74.8 cm³/mol. The fourth-order valence-electron chi connectivity index (χ4n) is 2.72. The van der Waals surface area contributed by atoms with Crippen LogP contribution in [0.15, 0.2) is 18.3 Å². The molecule has 1 amide bonds. The van der Waals surface area contributed by atoms with Crippen LogP contribution in [-0.4, -0.2) is 39.5 Å². The molecule has 1 aliphatic rings. The fraction of sp³-hybridized carbons (Fsp3) is 0.533. The summed E-state index contributed by atoms with van der Waals surface area (Å²) in [6.07, 6.45) is 6.66. The molecule has 0 aromatic carbocycles. The van der Waals surface area contributed by atoms with Gasteiger partial charge in [-0.25, -0.2) is 9.78 Å². The van der Waals surface area contributed by atoms with E-state index < -0.39 is 5.97 Å². The molecule has 1 aromatic rings. The van der Waals surface area contributed by atoms with Crippen molar-refractivity contribution >= 4 is 11.9 Å². The number of hydrogen-bond acceptors (Lipinski definition) is 3. The Hall–Kier alpha value is -1.91. The van der Waals surface area contributed by atoms with E-state index in [9.17, 15) is 9.59 Å². The van der Waals surface area contributed by atoms with Crippen LogP contribution < -0.4 is 0 Å². The van der Waals surface area contributed by atoms with E-state index in [0.717, 1.165) is 38.6 Å². The van der Waals surface area contributed by atoms with E-state index in [1.807, 2.05) is 4.90 Å². The lowest BCUT2D eigenvalue weighted by Crippen LogP contribution is -2.39. The number of likely N-dealkylation sites (tertiary alicyclic amines) is 1. The number of carbonyl (C=O) groups is 2. The molecule has 1 aliphatic heterocycles. The first kappa shape index (κ1) is 14.5. The van der Waals surface area contributed by atoms with Crippen LogP contribution >= 0.6 is 0 Å². The Bertz CT molecular complexity index is 502. The van der Waals surface area contributed by atoms with E-state index in [4.69, 9.17) is 5.11 Å². The molecule has 0 saturated carbocycles. The summed E-state index contributed by atoms with van der Waals surface area (Å²) in [5.74, 6) is -1.19. The van der Waals surface area contributed by atoms with Crippen molar-refractivity contribution in [2.75, 3.05) is 6.54 Å². The van der Waals surface area contributed by atoms with Crippen LogP contribution in [0.4, 0.5) is 0 Å². The first-order chi connectivity index (χ1) is 9.63. The second kappa shape index (κ2) is 6.50. The lowest BCUT2D eigenvalue weighted by Gasteiger charge is -2.29. The van der Waals surface area contributed by atoms with Crippen LogP contribution in [0.25, 0.3) is 0 Å². The van der Waals surface area contributed by atoms with Gasteiger partial charge in [-0.05, 0) is 31.4 Å². The third-order valence-corrected chi connectivity index (χ3v) is 3.84. The molecule has 1 atom stereocenters. The van der Waals surface area contributed by atoms with Crippen LogP contribution in [0.3, 0.4) is 0 Å². The van der Waals surface area contributed by atoms with Gasteiger partial charge in [-0.15, -0.1) is 0 Å². The lowest BCUT2D eigenvalue weighted by molar-refractivity contribution is 0.0678. The van der Waals surface area contributed by atoms with Gasteiger partial charge in [0.15, 0.2) is 0 Å². The minimum absolute atomic E-state index is 0.0800. The van der Waals surface area contributed by atoms with Gasteiger partial charge in [-0.2, -0.15) is 0 Å². The summed E-state index contributed by atoms with van der Waals surface area (Å²) < 4.78 is 0. The predicted octanol–water partition coefficient (Wildman–Crippen LogP) is 2.57. The number of nitrogens with zero attached hydrogens (tertiary/aromatic N) is 2. The maximum Gasteiger partial charge on any atom is 0.354 e. The number of carboxylic acids is 1. The average Bonchev–Trinajstić information content (AvgIpc) is 2.71. The van der Waals surface area contributed by atoms with Crippen molar-refractivity contribution in [1.29, 1.82) is 0 Å². The molecule has 1 fully saturated rings. The zero-order valence-electron chi connectivity index (χ0n) is 11.7. The van der Waals surface area contributed by atoms with Crippen LogP contribution in [-0.2, 0) is 0 Å². The molecule has 0 radical (unpaired) electrons. The smallest absolute Gasteiger partial charge is 0.354 e. The first-order valence-corrected chi connectivity index (χ1v) is 7.13. The molecule has 1 saturated heterocycles. The van der Waals surface area contributed by atoms with Crippen molar-refractivity contribution in [3.63, 3.8) is 0 Å². The molecular formula is C15H20N2O3.